The summed E-state index contributed by atoms with van der Waals surface area (Å²) in [6.07, 6.45) is 3.83. The number of hydrogen-bond donors (Lipinski definition) is 0. The van der Waals surface area contributed by atoms with Gasteiger partial charge in [0.2, 0.25) is 0 Å². The first-order valence-electron chi connectivity index (χ1n) is 7.50. The van der Waals surface area contributed by atoms with Crippen LogP contribution in [0, 0.1) is 0 Å². The Morgan fingerprint density at radius 2 is 1.48 bits per heavy atom. The molecule has 0 spiro atoms. The number of amides is 3. The normalized spacial score (nSPS) is 19.0. The maximum atomic E-state index is 12.3. The summed E-state index contributed by atoms with van der Waals surface area (Å²) in [4.78, 5) is 34.2. The Hall–Kier alpha value is -2.11. The molecule has 0 aliphatic carbocycles. The van der Waals surface area contributed by atoms with Crippen LogP contribution in [-0.4, -0.2) is 70.9 Å². The molecule has 2 fully saturated rings. The van der Waals surface area contributed by atoms with Gasteiger partial charge in [0, 0.05) is 45.5 Å². The van der Waals surface area contributed by atoms with Crippen LogP contribution < -0.4 is 0 Å². The van der Waals surface area contributed by atoms with Gasteiger partial charge in [0.15, 0.2) is 0 Å². The predicted molar refractivity (Wildman–Crippen MR) is 77.9 cm³/mol. The first kappa shape index (κ1) is 13.9. The molecule has 21 heavy (non-hydrogen) atoms. The zero-order valence-electron chi connectivity index (χ0n) is 12.1. The van der Waals surface area contributed by atoms with Gasteiger partial charge in [-0.25, -0.2) is 4.79 Å². The maximum absolute atomic E-state index is 12.3. The van der Waals surface area contributed by atoms with E-state index in [1.54, 1.807) is 23.2 Å². The largest absolute Gasteiger partial charge is 0.334 e. The van der Waals surface area contributed by atoms with Crippen LogP contribution in [0.1, 0.15) is 23.3 Å². The number of carbonyl (C=O) groups is 2. The molecule has 0 saturated carbocycles. The maximum Gasteiger partial charge on any atom is 0.320 e. The molecule has 3 heterocycles. The average molecular weight is 288 g/mol. The van der Waals surface area contributed by atoms with E-state index in [1.165, 1.54) is 0 Å². The molecule has 0 radical (unpaired) electrons. The van der Waals surface area contributed by atoms with Crippen molar-refractivity contribution in [3.63, 3.8) is 0 Å². The molecule has 112 valence electrons. The Morgan fingerprint density at radius 3 is 2.10 bits per heavy atom. The molecular weight excluding hydrogens is 268 g/mol. The van der Waals surface area contributed by atoms with Crippen molar-refractivity contribution in [2.75, 3.05) is 39.3 Å². The molecule has 1 aromatic heterocycles. The molecule has 3 rings (SSSR count). The van der Waals surface area contributed by atoms with Crippen LogP contribution in [0.15, 0.2) is 24.4 Å². The van der Waals surface area contributed by atoms with Crippen molar-refractivity contribution >= 4 is 11.9 Å². The van der Waals surface area contributed by atoms with Gasteiger partial charge in [-0.2, -0.15) is 0 Å². The third kappa shape index (κ3) is 2.99. The Morgan fingerprint density at radius 1 is 0.857 bits per heavy atom. The second kappa shape index (κ2) is 6.11. The summed E-state index contributed by atoms with van der Waals surface area (Å²) in [7, 11) is 0. The molecule has 2 aliphatic rings. The van der Waals surface area contributed by atoms with Gasteiger partial charge in [0.1, 0.15) is 5.69 Å². The fourth-order valence-corrected chi connectivity index (χ4v) is 2.86. The zero-order valence-corrected chi connectivity index (χ0v) is 12.1. The molecule has 0 N–H and O–H groups in total. The Kier molecular flexibility index (Phi) is 4.03. The SMILES string of the molecule is O=C(c1ccccn1)N1CCN(C(=O)N2CCCC2)CC1. The number of rotatable bonds is 1. The Bertz CT molecular complexity index is 506. The van der Waals surface area contributed by atoms with E-state index in [0.717, 1.165) is 25.9 Å². The van der Waals surface area contributed by atoms with Crippen LogP contribution in [0.3, 0.4) is 0 Å². The summed E-state index contributed by atoms with van der Waals surface area (Å²) in [5.41, 5.74) is 0.469. The highest BCUT2D eigenvalue weighted by atomic mass is 16.2. The van der Waals surface area contributed by atoms with Crippen molar-refractivity contribution in [3.05, 3.63) is 30.1 Å². The Balaban J connectivity index is 1.55. The van der Waals surface area contributed by atoms with Crippen LogP contribution in [0.4, 0.5) is 4.79 Å². The van der Waals surface area contributed by atoms with Crippen LogP contribution in [0.25, 0.3) is 0 Å². The van der Waals surface area contributed by atoms with E-state index in [9.17, 15) is 9.59 Å². The smallest absolute Gasteiger partial charge is 0.320 e. The number of pyridine rings is 1. The summed E-state index contributed by atoms with van der Waals surface area (Å²) < 4.78 is 0. The van der Waals surface area contributed by atoms with Crippen LogP contribution >= 0.6 is 0 Å². The summed E-state index contributed by atoms with van der Waals surface area (Å²) in [6.45, 7) is 4.10. The van der Waals surface area contributed by atoms with Gasteiger partial charge in [-0.1, -0.05) is 6.07 Å². The molecular formula is C15H20N4O2. The van der Waals surface area contributed by atoms with Gasteiger partial charge < -0.3 is 14.7 Å². The zero-order chi connectivity index (χ0) is 14.7. The number of piperazine rings is 1. The fraction of sp³-hybridized carbons (Fsp3) is 0.533. The average Bonchev–Trinajstić information content (AvgIpc) is 3.09. The quantitative estimate of drug-likeness (QED) is 0.776. The molecule has 0 bridgehead atoms. The molecule has 3 amide bonds. The van der Waals surface area contributed by atoms with E-state index < -0.39 is 0 Å². The van der Waals surface area contributed by atoms with E-state index in [1.807, 2.05) is 15.9 Å². The van der Waals surface area contributed by atoms with E-state index in [2.05, 4.69) is 4.98 Å². The topological polar surface area (TPSA) is 56.8 Å². The molecule has 0 unspecified atom stereocenters. The number of carbonyl (C=O) groups excluding carboxylic acids is 2. The monoisotopic (exact) mass is 288 g/mol. The van der Waals surface area contributed by atoms with E-state index >= 15 is 0 Å². The third-order valence-electron chi connectivity index (χ3n) is 4.10. The van der Waals surface area contributed by atoms with Crippen molar-refractivity contribution < 1.29 is 9.59 Å². The van der Waals surface area contributed by atoms with E-state index in [4.69, 9.17) is 0 Å². The molecule has 6 nitrogen and oxygen atoms in total. The lowest BCUT2D eigenvalue weighted by Gasteiger charge is -2.36. The number of nitrogens with zero attached hydrogens (tertiary/aromatic N) is 4. The Labute approximate surface area is 124 Å². The minimum Gasteiger partial charge on any atom is -0.334 e. The predicted octanol–water partition coefficient (Wildman–Crippen LogP) is 1.06. The lowest BCUT2D eigenvalue weighted by Crippen LogP contribution is -2.53. The molecule has 6 heteroatoms. The summed E-state index contributed by atoms with van der Waals surface area (Å²) >= 11 is 0. The first-order valence-corrected chi connectivity index (χ1v) is 7.50. The molecule has 2 saturated heterocycles. The summed E-state index contributed by atoms with van der Waals surface area (Å²) in [5.74, 6) is -0.0520. The van der Waals surface area contributed by atoms with Crippen molar-refractivity contribution in [2.24, 2.45) is 0 Å². The number of aromatic nitrogens is 1. The molecule has 0 aromatic carbocycles. The highest BCUT2D eigenvalue weighted by Crippen LogP contribution is 2.13. The van der Waals surface area contributed by atoms with Gasteiger partial charge in [0.05, 0.1) is 0 Å². The summed E-state index contributed by atoms with van der Waals surface area (Å²) in [6, 6.07) is 5.46. The van der Waals surface area contributed by atoms with Crippen LogP contribution in [0.2, 0.25) is 0 Å². The first-order chi connectivity index (χ1) is 10.3. The number of likely N-dealkylation sites (tertiary alicyclic amines) is 1. The molecule has 0 atom stereocenters. The fourth-order valence-electron chi connectivity index (χ4n) is 2.86. The van der Waals surface area contributed by atoms with Crippen molar-refractivity contribution in [2.45, 2.75) is 12.8 Å². The van der Waals surface area contributed by atoms with Crippen molar-refractivity contribution in [3.8, 4) is 0 Å². The minimum atomic E-state index is -0.0520. The second-order valence-electron chi connectivity index (χ2n) is 5.47. The number of urea groups is 1. The van der Waals surface area contributed by atoms with Crippen molar-refractivity contribution in [1.82, 2.24) is 19.7 Å². The van der Waals surface area contributed by atoms with Crippen LogP contribution in [-0.2, 0) is 0 Å². The van der Waals surface area contributed by atoms with Gasteiger partial charge >= 0.3 is 6.03 Å². The number of hydrogen-bond acceptors (Lipinski definition) is 3. The van der Waals surface area contributed by atoms with Crippen molar-refractivity contribution in [1.29, 1.82) is 0 Å². The third-order valence-corrected chi connectivity index (χ3v) is 4.10. The summed E-state index contributed by atoms with van der Waals surface area (Å²) in [5, 5.41) is 0. The second-order valence-corrected chi connectivity index (χ2v) is 5.47. The minimum absolute atomic E-state index is 0.0520. The highest BCUT2D eigenvalue weighted by Gasteiger charge is 2.28. The molecule has 2 aliphatic heterocycles. The molecule has 1 aromatic rings. The van der Waals surface area contributed by atoms with Crippen LogP contribution in [0.5, 0.6) is 0 Å². The van der Waals surface area contributed by atoms with Gasteiger partial charge in [-0.15, -0.1) is 0 Å². The lowest BCUT2D eigenvalue weighted by molar-refractivity contribution is 0.0639. The standard InChI is InChI=1S/C15H20N4O2/c20-14(13-5-1-2-6-16-13)17-9-11-19(12-10-17)15(21)18-7-3-4-8-18/h1-2,5-6H,3-4,7-12H2. The van der Waals surface area contributed by atoms with Gasteiger partial charge in [-0.3, -0.25) is 9.78 Å². The lowest BCUT2D eigenvalue weighted by atomic mass is 10.2. The van der Waals surface area contributed by atoms with Gasteiger partial charge in [-0.05, 0) is 25.0 Å². The van der Waals surface area contributed by atoms with Gasteiger partial charge in [0.25, 0.3) is 5.91 Å². The highest BCUT2D eigenvalue weighted by molar-refractivity contribution is 5.92. The van der Waals surface area contributed by atoms with E-state index in [0.29, 0.717) is 31.9 Å². The van der Waals surface area contributed by atoms with E-state index in [-0.39, 0.29) is 11.9 Å².